The van der Waals surface area contributed by atoms with Gasteiger partial charge in [0.2, 0.25) is 0 Å². The molecule has 0 atom stereocenters. The molecule has 0 rings (SSSR count). The van der Waals surface area contributed by atoms with Gasteiger partial charge < -0.3 is 9.64 Å². The summed E-state index contributed by atoms with van der Waals surface area (Å²) in [6.07, 6.45) is 23.7. The van der Waals surface area contributed by atoms with Crippen LogP contribution in [0.3, 0.4) is 0 Å². The van der Waals surface area contributed by atoms with Crippen LogP contribution in [0.1, 0.15) is 136 Å². The van der Waals surface area contributed by atoms with Crippen molar-refractivity contribution in [3.63, 3.8) is 0 Å². The lowest BCUT2D eigenvalue weighted by atomic mass is 10.1. The van der Waals surface area contributed by atoms with Crippen LogP contribution < -0.4 is 0 Å². The first-order chi connectivity index (χ1) is 14.2. The number of carbonyl (C=O) groups excluding carboxylic acids is 1. The quantitative estimate of drug-likeness (QED) is 0.126. The minimum absolute atomic E-state index is 0.00894. The van der Waals surface area contributed by atoms with Crippen molar-refractivity contribution in [3.05, 3.63) is 0 Å². The molecule has 0 heterocycles. The van der Waals surface area contributed by atoms with Crippen LogP contribution in [-0.2, 0) is 9.53 Å². The lowest BCUT2D eigenvalue weighted by Gasteiger charge is -2.16. The molecular weight excluding hydrogens is 358 g/mol. The van der Waals surface area contributed by atoms with E-state index in [1.807, 2.05) is 0 Å². The number of ether oxygens (including phenoxy) is 1. The summed E-state index contributed by atoms with van der Waals surface area (Å²) in [4.78, 5) is 14.2. The summed E-state index contributed by atoms with van der Waals surface area (Å²) in [5.74, 6) is 0.00894. The van der Waals surface area contributed by atoms with Crippen LogP contribution in [0.4, 0.5) is 0 Å². The fourth-order valence-electron chi connectivity index (χ4n) is 3.77. The van der Waals surface area contributed by atoms with Crippen molar-refractivity contribution >= 4 is 5.97 Å². The van der Waals surface area contributed by atoms with Crippen molar-refractivity contribution in [2.24, 2.45) is 0 Å². The molecule has 0 aromatic rings. The molecular formula is C26H53NO2. The van der Waals surface area contributed by atoms with Crippen LogP contribution in [0.5, 0.6) is 0 Å². The highest BCUT2D eigenvalue weighted by Crippen LogP contribution is 2.10. The van der Waals surface area contributed by atoms with Gasteiger partial charge in [0.05, 0.1) is 6.61 Å². The molecule has 0 saturated heterocycles. The first-order valence-electron chi connectivity index (χ1n) is 13.0. The second-order valence-electron chi connectivity index (χ2n) is 8.93. The third kappa shape index (κ3) is 23.6. The molecule has 0 N–H and O–H groups in total. The zero-order valence-corrected chi connectivity index (χ0v) is 20.3. The van der Waals surface area contributed by atoms with Crippen molar-refractivity contribution in [2.45, 2.75) is 136 Å². The molecule has 0 bridgehead atoms. The first-order valence-corrected chi connectivity index (χ1v) is 13.0. The monoisotopic (exact) mass is 411 g/mol. The van der Waals surface area contributed by atoms with Gasteiger partial charge in [0, 0.05) is 6.42 Å². The molecule has 0 aliphatic rings. The van der Waals surface area contributed by atoms with Gasteiger partial charge in [0.15, 0.2) is 0 Å². The Morgan fingerprint density at radius 2 is 1.00 bits per heavy atom. The molecule has 0 radical (unpaired) electrons. The Labute approximate surface area is 183 Å². The van der Waals surface area contributed by atoms with Crippen molar-refractivity contribution in [3.8, 4) is 0 Å². The molecule has 0 unspecified atom stereocenters. The van der Waals surface area contributed by atoms with Crippen LogP contribution in [0.25, 0.3) is 0 Å². The molecule has 29 heavy (non-hydrogen) atoms. The SMILES string of the molecule is CCCCCCCCCOC(=O)CCCCCCCN(C)CCCCCCCC. The van der Waals surface area contributed by atoms with E-state index in [-0.39, 0.29) is 5.97 Å². The van der Waals surface area contributed by atoms with Crippen LogP contribution in [-0.4, -0.2) is 37.6 Å². The number of hydrogen-bond donors (Lipinski definition) is 0. The van der Waals surface area contributed by atoms with E-state index in [9.17, 15) is 4.79 Å². The highest BCUT2D eigenvalue weighted by atomic mass is 16.5. The highest BCUT2D eigenvalue weighted by Gasteiger charge is 2.03. The molecule has 0 fully saturated rings. The Hall–Kier alpha value is -0.570. The van der Waals surface area contributed by atoms with Gasteiger partial charge >= 0.3 is 5.97 Å². The third-order valence-corrected chi connectivity index (χ3v) is 5.83. The fourth-order valence-corrected chi connectivity index (χ4v) is 3.77. The molecule has 0 aromatic heterocycles. The predicted molar refractivity (Wildman–Crippen MR) is 128 cm³/mol. The van der Waals surface area contributed by atoms with E-state index < -0.39 is 0 Å². The first kappa shape index (κ1) is 28.4. The van der Waals surface area contributed by atoms with Gasteiger partial charge in [-0.05, 0) is 45.8 Å². The van der Waals surface area contributed by atoms with Crippen LogP contribution in [0, 0.1) is 0 Å². The average molecular weight is 412 g/mol. The summed E-state index contributed by atoms with van der Waals surface area (Å²) in [5.41, 5.74) is 0. The maximum absolute atomic E-state index is 11.7. The van der Waals surface area contributed by atoms with E-state index in [1.54, 1.807) is 0 Å². The number of nitrogens with zero attached hydrogens (tertiary/aromatic N) is 1. The molecule has 3 nitrogen and oxygen atoms in total. The van der Waals surface area contributed by atoms with Crippen molar-refractivity contribution in [1.82, 2.24) is 4.90 Å². The minimum Gasteiger partial charge on any atom is -0.466 e. The van der Waals surface area contributed by atoms with Crippen molar-refractivity contribution in [2.75, 3.05) is 26.7 Å². The molecule has 0 aromatic carbocycles. The van der Waals surface area contributed by atoms with E-state index in [2.05, 4.69) is 25.8 Å². The number of esters is 1. The van der Waals surface area contributed by atoms with Gasteiger partial charge in [0.1, 0.15) is 0 Å². The second kappa shape index (κ2) is 23.7. The molecule has 0 amide bonds. The van der Waals surface area contributed by atoms with Gasteiger partial charge in [-0.3, -0.25) is 4.79 Å². The summed E-state index contributed by atoms with van der Waals surface area (Å²) >= 11 is 0. The molecule has 174 valence electrons. The van der Waals surface area contributed by atoms with Crippen molar-refractivity contribution < 1.29 is 9.53 Å². The van der Waals surface area contributed by atoms with E-state index in [0.29, 0.717) is 13.0 Å². The largest absolute Gasteiger partial charge is 0.466 e. The van der Waals surface area contributed by atoms with Gasteiger partial charge in [-0.2, -0.15) is 0 Å². The zero-order valence-electron chi connectivity index (χ0n) is 20.3. The smallest absolute Gasteiger partial charge is 0.305 e. The Kier molecular flexibility index (Phi) is 23.2. The Bertz CT molecular complexity index is 333. The predicted octanol–water partition coefficient (Wildman–Crippen LogP) is 7.91. The Morgan fingerprint density at radius 1 is 0.586 bits per heavy atom. The van der Waals surface area contributed by atoms with Crippen LogP contribution >= 0.6 is 0 Å². The summed E-state index contributed by atoms with van der Waals surface area (Å²) < 4.78 is 5.35. The van der Waals surface area contributed by atoms with E-state index in [4.69, 9.17) is 4.74 Å². The van der Waals surface area contributed by atoms with Gasteiger partial charge in [-0.25, -0.2) is 0 Å². The van der Waals surface area contributed by atoms with E-state index >= 15 is 0 Å². The summed E-state index contributed by atoms with van der Waals surface area (Å²) in [7, 11) is 2.26. The zero-order chi connectivity index (χ0) is 21.4. The summed E-state index contributed by atoms with van der Waals surface area (Å²) in [6.45, 7) is 7.61. The Balaban J connectivity index is 3.25. The molecule has 0 aliphatic carbocycles. The number of hydrogen-bond acceptors (Lipinski definition) is 3. The number of carbonyl (C=O) groups is 1. The number of rotatable bonds is 23. The normalized spacial score (nSPS) is 11.3. The fraction of sp³-hybridized carbons (Fsp3) is 0.962. The Morgan fingerprint density at radius 3 is 1.52 bits per heavy atom. The molecule has 3 heteroatoms. The maximum atomic E-state index is 11.7. The summed E-state index contributed by atoms with van der Waals surface area (Å²) in [6, 6.07) is 0. The van der Waals surface area contributed by atoms with Crippen LogP contribution in [0.15, 0.2) is 0 Å². The summed E-state index contributed by atoms with van der Waals surface area (Å²) in [5, 5.41) is 0. The van der Waals surface area contributed by atoms with Gasteiger partial charge in [-0.1, -0.05) is 104 Å². The maximum Gasteiger partial charge on any atom is 0.305 e. The van der Waals surface area contributed by atoms with E-state index in [0.717, 1.165) is 19.3 Å². The average Bonchev–Trinajstić information content (AvgIpc) is 2.71. The lowest BCUT2D eigenvalue weighted by Crippen LogP contribution is -2.20. The number of unbranched alkanes of at least 4 members (excludes halogenated alkanes) is 15. The minimum atomic E-state index is 0.00894. The topological polar surface area (TPSA) is 29.5 Å². The molecule has 0 aliphatic heterocycles. The van der Waals surface area contributed by atoms with Crippen molar-refractivity contribution in [1.29, 1.82) is 0 Å². The van der Waals surface area contributed by atoms with Crippen LogP contribution in [0.2, 0.25) is 0 Å². The molecule has 0 spiro atoms. The third-order valence-electron chi connectivity index (χ3n) is 5.83. The second-order valence-corrected chi connectivity index (χ2v) is 8.93. The standard InChI is InChI=1S/C26H53NO2/c1-4-6-8-10-12-17-21-25-29-26(28)22-18-14-13-16-20-24-27(3)23-19-15-11-9-7-5-2/h4-25H2,1-3H3. The van der Waals surface area contributed by atoms with Gasteiger partial charge in [0.25, 0.3) is 0 Å². The highest BCUT2D eigenvalue weighted by molar-refractivity contribution is 5.69. The van der Waals surface area contributed by atoms with Gasteiger partial charge in [-0.15, -0.1) is 0 Å². The lowest BCUT2D eigenvalue weighted by molar-refractivity contribution is -0.143. The molecule has 0 saturated carbocycles. The van der Waals surface area contributed by atoms with E-state index in [1.165, 1.54) is 109 Å².